The Morgan fingerprint density at radius 2 is 2.05 bits per heavy atom. The van der Waals surface area contributed by atoms with Crippen LogP contribution in [0.4, 0.5) is 13.2 Å². The Morgan fingerprint density at radius 1 is 1.32 bits per heavy atom. The SMILES string of the molecule is Cc1ccnn1CC(O)c1cccc(C(F)(F)F)c1. The van der Waals surface area contributed by atoms with Crippen LogP contribution in [0, 0.1) is 6.92 Å². The first-order chi connectivity index (χ1) is 8.88. The van der Waals surface area contributed by atoms with E-state index in [-0.39, 0.29) is 12.1 Å². The molecule has 0 aliphatic heterocycles. The third kappa shape index (κ3) is 3.14. The highest BCUT2D eigenvalue weighted by Gasteiger charge is 2.30. The molecule has 1 heterocycles. The third-order valence-electron chi connectivity index (χ3n) is 2.87. The highest BCUT2D eigenvalue weighted by Crippen LogP contribution is 2.31. The van der Waals surface area contributed by atoms with Crippen LogP contribution < -0.4 is 0 Å². The average Bonchev–Trinajstić information content (AvgIpc) is 2.74. The van der Waals surface area contributed by atoms with Gasteiger partial charge in [-0.1, -0.05) is 12.1 Å². The second-order valence-corrected chi connectivity index (χ2v) is 4.29. The molecule has 2 rings (SSSR count). The van der Waals surface area contributed by atoms with Crippen molar-refractivity contribution in [2.75, 3.05) is 0 Å². The lowest BCUT2D eigenvalue weighted by atomic mass is 10.1. The summed E-state index contributed by atoms with van der Waals surface area (Å²) in [6.07, 6.45) is -3.85. The van der Waals surface area contributed by atoms with Crippen molar-refractivity contribution in [3.05, 3.63) is 53.3 Å². The summed E-state index contributed by atoms with van der Waals surface area (Å²) in [4.78, 5) is 0. The number of aromatic nitrogens is 2. The van der Waals surface area contributed by atoms with Gasteiger partial charge in [-0.15, -0.1) is 0 Å². The van der Waals surface area contributed by atoms with Gasteiger partial charge in [-0.05, 0) is 30.7 Å². The van der Waals surface area contributed by atoms with E-state index in [1.54, 1.807) is 16.9 Å². The zero-order valence-corrected chi connectivity index (χ0v) is 10.2. The largest absolute Gasteiger partial charge is 0.416 e. The van der Waals surface area contributed by atoms with Crippen LogP contribution in [0.25, 0.3) is 0 Å². The number of aryl methyl sites for hydroxylation is 1. The Bertz CT molecular complexity index is 563. The van der Waals surface area contributed by atoms with Crippen LogP contribution in [0.5, 0.6) is 0 Å². The van der Waals surface area contributed by atoms with Crippen molar-refractivity contribution in [2.45, 2.75) is 25.7 Å². The zero-order valence-electron chi connectivity index (χ0n) is 10.2. The molecule has 1 aromatic heterocycles. The molecule has 0 fully saturated rings. The molecule has 0 aliphatic carbocycles. The van der Waals surface area contributed by atoms with E-state index in [9.17, 15) is 18.3 Å². The number of aliphatic hydroxyl groups is 1. The maximum Gasteiger partial charge on any atom is 0.416 e. The Balaban J connectivity index is 2.20. The Labute approximate surface area is 108 Å². The molecule has 1 unspecified atom stereocenters. The van der Waals surface area contributed by atoms with Crippen molar-refractivity contribution in [1.82, 2.24) is 9.78 Å². The highest BCUT2D eigenvalue weighted by atomic mass is 19.4. The molecule has 6 heteroatoms. The van der Waals surface area contributed by atoms with Crippen molar-refractivity contribution >= 4 is 0 Å². The van der Waals surface area contributed by atoms with Gasteiger partial charge in [0.1, 0.15) is 0 Å². The number of nitrogens with zero attached hydrogens (tertiary/aromatic N) is 2. The summed E-state index contributed by atoms with van der Waals surface area (Å²) in [7, 11) is 0. The molecule has 0 aliphatic rings. The Morgan fingerprint density at radius 3 is 2.63 bits per heavy atom. The lowest BCUT2D eigenvalue weighted by molar-refractivity contribution is -0.137. The van der Waals surface area contributed by atoms with Crippen LogP contribution in [-0.4, -0.2) is 14.9 Å². The molecule has 0 radical (unpaired) electrons. The lowest BCUT2D eigenvalue weighted by Crippen LogP contribution is -2.12. The van der Waals surface area contributed by atoms with Gasteiger partial charge in [0.15, 0.2) is 0 Å². The van der Waals surface area contributed by atoms with Gasteiger partial charge in [0.2, 0.25) is 0 Å². The van der Waals surface area contributed by atoms with Gasteiger partial charge in [-0.2, -0.15) is 18.3 Å². The Hall–Kier alpha value is -1.82. The van der Waals surface area contributed by atoms with Gasteiger partial charge in [0.05, 0.1) is 18.2 Å². The topological polar surface area (TPSA) is 38.0 Å². The van der Waals surface area contributed by atoms with Crippen molar-refractivity contribution in [3.8, 4) is 0 Å². The van der Waals surface area contributed by atoms with Crippen LogP contribution in [-0.2, 0) is 12.7 Å². The van der Waals surface area contributed by atoms with Crippen molar-refractivity contribution in [2.24, 2.45) is 0 Å². The summed E-state index contributed by atoms with van der Waals surface area (Å²) in [5.41, 5.74) is 0.303. The smallest absolute Gasteiger partial charge is 0.386 e. The Kier molecular flexibility index (Phi) is 3.61. The molecule has 2 aromatic rings. The van der Waals surface area contributed by atoms with E-state index in [0.29, 0.717) is 0 Å². The molecular formula is C13H13F3N2O. The van der Waals surface area contributed by atoms with Gasteiger partial charge in [0, 0.05) is 11.9 Å². The van der Waals surface area contributed by atoms with Gasteiger partial charge >= 0.3 is 6.18 Å². The number of alkyl halides is 3. The third-order valence-corrected chi connectivity index (χ3v) is 2.87. The quantitative estimate of drug-likeness (QED) is 0.931. The van der Waals surface area contributed by atoms with E-state index in [4.69, 9.17) is 0 Å². The van der Waals surface area contributed by atoms with Crippen LogP contribution in [0.15, 0.2) is 36.5 Å². The minimum absolute atomic E-state index is 0.125. The second kappa shape index (κ2) is 5.05. The molecule has 0 amide bonds. The van der Waals surface area contributed by atoms with E-state index >= 15 is 0 Å². The van der Waals surface area contributed by atoms with Crippen LogP contribution in [0.1, 0.15) is 22.9 Å². The maximum absolute atomic E-state index is 12.6. The molecule has 3 nitrogen and oxygen atoms in total. The predicted octanol–water partition coefficient (Wildman–Crippen LogP) is 2.94. The molecular weight excluding hydrogens is 257 g/mol. The van der Waals surface area contributed by atoms with E-state index in [0.717, 1.165) is 17.8 Å². The summed E-state index contributed by atoms with van der Waals surface area (Å²) in [6, 6.07) is 6.47. The molecule has 0 saturated heterocycles. The summed E-state index contributed by atoms with van der Waals surface area (Å²) >= 11 is 0. The van der Waals surface area contributed by atoms with Crippen molar-refractivity contribution in [1.29, 1.82) is 0 Å². The minimum Gasteiger partial charge on any atom is -0.386 e. The molecule has 1 atom stereocenters. The number of rotatable bonds is 3. The maximum atomic E-state index is 12.6. The monoisotopic (exact) mass is 270 g/mol. The minimum atomic E-state index is -4.41. The number of hydrogen-bond acceptors (Lipinski definition) is 2. The molecule has 0 spiro atoms. The fraction of sp³-hybridized carbons (Fsp3) is 0.308. The van der Waals surface area contributed by atoms with E-state index in [1.165, 1.54) is 12.1 Å². The first-order valence-electron chi connectivity index (χ1n) is 5.71. The van der Waals surface area contributed by atoms with Gasteiger partial charge in [-0.25, -0.2) is 0 Å². The first-order valence-corrected chi connectivity index (χ1v) is 5.71. The summed E-state index contributed by atoms with van der Waals surface area (Å²) in [6.45, 7) is 1.94. The normalized spacial score (nSPS) is 13.5. The van der Waals surface area contributed by atoms with E-state index in [1.807, 2.05) is 6.92 Å². The van der Waals surface area contributed by atoms with Crippen molar-refractivity contribution in [3.63, 3.8) is 0 Å². The van der Waals surface area contributed by atoms with Crippen molar-refractivity contribution < 1.29 is 18.3 Å². The van der Waals surface area contributed by atoms with Gasteiger partial charge in [0.25, 0.3) is 0 Å². The van der Waals surface area contributed by atoms with Crippen LogP contribution in [0.3, 0.4) is 0 Å². The molecule has 0 bridgehead atoms. The number of aliphatic hydroxyl groups excluding tert-OH is 1. The fourth-order valence-corrected chi connectivity index (χ4v) is 1.78. The molecule has 0 saturated carbocycles. The zero-order chi connectivity index (χ0) is 14.0. The summed E-state index contributed by atoms with van der Waals surface area (Å²) < 4.78 is 39.3. The first kappa shape index (κ1) is 13.6. The molecule has 1 N–H and O–H groups in total. The van der Waals surface area contributed by atoms with Gasteiger partial charge < -0.3 is 5.11 Å². The van der Waals surface area contributed by atoms with Crippen LogP contribution >= 0.6 is 0 Å². The average molecular weight is 270 g/mol. The second-order valence-electron chi connectivity index (χ2n) is 4.29. The van der Waals surface area contributed by atoms with Crippen LogP contribution in [0.2, 0.25) is 0 Å². The molecule has 1 aromatic carbocycles. The van der Waals surface area contributed by atoms with E-state index < -0.39 is 17.8 Å². The summed E-state index contributed by atoms with van der Waals surface area (Å²) in [5.74, 6) is 0. The molecule has 19 heavy (non-hydrogen) atoms. The number of benzene rings is 1. The predicted molar refractivity (Wildman–Crippen MR) is 63.4 cm³/mol. The van der Waals surface area contributed by atoms with E-state index in [2.05, 4.69) is 5.10 Å². The lowest BCUT2D eigenvalue weighted by Gasteiger charge is -2.14. The number of hydrogen-bond donors (Lipinski definition) is 1. The highest BCUT2D eigenvalue weighted by molar-refractivity contribution is 5.27. The number of halogens is 3. The fourth-order valence-electron chi connectivity index (χ4n) is 1.78. The standard InChI is InChI=1S/C13H13F3N2O/c1-9-5-6-17-18(9)8-12(19)10-3-2-4-11(7-10)13(14,15)16/h2-7,12,19H,8H2,1H3. The molecule has 102 valence electrons. The summed E-state index contributed by atoms with van der Waals surface area (Å²) in [5, 5.41) is 14.0. The van der Waals surface area contributed by atoms with Gasteiger partial charge in [-0.3, -0.25) is 4.68 Å².